The Morgan fingerprint density at radius 2 is 1.97 bits per heavy atom. The summed E-state index contributed by atoms with van der Waals surface area (Å²) < 4.78 is 51.7. The first-order valence-electron chi connectivity index (χ1n) is 9.02. The van der Waals surface area contributed by atoms with E-state index in [2.05, 4.69) is 15.4 Å². The predicted molar refractivity (Wildman–Crippen MR) is 108 cm³/mol. The van der Waals surface area contributed by atoms with Gasteiger partial charge < -0.3 is 14.8 Å². The topological polar surface area (TPSA) is 78.3 Å². The minimum absolute atomic E-state index is 0.0694. The maximum atomic E-state index is 13.2. The smallest absolute Gasteiger partial charge is 0.416 e. The Kier molecular flexibility index (Phi) is 6.40. The molecule has 0 aliphatic carbocycles. The molecule has 164 valence electrons. The van der Waals surface area contributed by atoms with Gasteiger partial charge >= 0.3 is 6.18 Å². The number of halogens is 4. The van der Waals surface area contributed by atoms with Crippen LogP contribution in [-0.4, -0.2) is 33.9 Å². The minimum atomic E-state index is -4.59. The molecule has 0 radical (unpaired) electrons. The summed E-state index contributed by atoms with van der Waals surface area (Å²) in [7, 11) is 1.39. The van der Waals surface area contributed by atoms with E-state index in [-0.39, 0.29) is 39.6 Å². The Morgan fingerprint density at radius 3 is 2.55 bits per heavy atom. The average Bonchev–Trinajstić information content (AvgIpc) is 3.22. The number of alkyl halides is 3. The molecule has 31 heavy (non-hydrogen) atoms. The van der Waals surface area contributed by atoms with E-state index in [9.17, 15) is 18.0 Å². The number of rotatable bonds is 6. The molecule has 7 nitrogen and oxygen atoms in total. The number of carbonyl (C=O) groups is 1. The molecule has 0 saturated carbocycles. The Balaban J connectivity index is 2.00. The zero-order chi connectivity index (χ0) is 22.8. The van der Waals surface area contributed by atoms with Gasteiger partial charge in [-0.15, -0.1) is 0 Å². The van der Waals surface area contributed by atoms with Gasteiger partial charge in [0, 0.05) is 5.56 Å². The Labute approximate surface area is 180 Å². The molecular weight excluding hydrogens is 437 g/mol. The lowest BCUT2D eigenvalue weighted by molar-refractivity contribution is -0.137. The van der Waals surface area contributed by atoms with Crippen LogP contribution in [0.5, 0.6) is 11.5 Å². The molecule has 0 aliphatic heterocycles. The van der Waals surface area contributed by atoms with Crippen LogP contribution in [0.25, 0.3) is 5.69 Å². The van der Waals surface area contributed by atoms with Crippen LogP contribution in [-0.2, 0) is 6.18 Å². The van der Waals surface area contributed by atoms with Gasteiger partial charge in [0.25, 0.3) is 5.91 Å². The van der Waals surface area contributed by atoms with Gasteiger partial charge in [-0.1, -0.05) is 11.6 Å². The minimum Gasteiger partial charge on any atom is -0.493 e. The normalized spacial score (nSPS) is 11.5. The van der Waals surface area contributed by atoms with Crippen molar-refractivity contribution < 1.29 is 27.4 Å². The van der Waals surface area contributed by atoms with Crippen LogP contribution < -0.4 is 14.8 Å². The van der Waals surface area contributed by atoms with E-state index in [4.69, 9.17) is 21.1 Å². The number of nitrogens with one attached hydrogen (secondary N) is 1. The highest BCUT2D eigenvalue weighted by Crippen LogP contribution is 2.38. The number of aromatic nitrogens is 3. The van der Waals surface area contributed by atoms with E-state index >= 15 is 0 Å². The van der Waals surface area contributed by atoms with Gasteiger partial charge in [-0.2, -0.15) is 18.3 Å². The summed E-state index contributed by atoms with van der Waals surface area (Å²) in [4.78, 5) is 16.6. The molecule has 0 atom stereocenters. The van der Waals surface area contributed by atoms with Gasteiger partial charge in [0.1, 0.15) is 12.7 Å². The van der Waals surface area contributed by atoms with E-state index in [0.29, 0.717) is 0 Å². The van der Waals surface area contributed by atoms with E-state index in [1.54, 1.807) is 13.8 Å². The van der Waals surface area contributed by atoms with Gasteiger partial charge in [0.05, 0.1) is 35.2 Å². The molecule has 0 aliphatic rings. The second-order valence-corrected chi connectivity index (χ2v) is 7.09. The largest absolute Gasteiger partial charge is 0.493 e. The number of benzene rings is 2. The SMILES string of the molecule is COc1cc(C(=O)Nc2cc(C(F)(F)F)ccc2-n2cncn2)cc(Cl)c1OC(C)C. The molecule has 1 heterocycles. The molecule has 0 saturated heterocycles. The summed E-state index contributed by atoms with van der Waals surface area (Å²) in [6.45, 7) is 3.60. The van der Waals surface area contributed by atoms with Crippen LogP contribution in [0, 0.1) is 0 Å². The number of methoxy groups -OCH3 is 1. The molecule has 1 aromatic heterocycles. The first-order chi connectivity index (χ1) is 14.6. The number of ether oxygens (including phenoxy) is 2. The summed E-state index contributed by atoms with van der Waals surface area (Å²) in [5.41, 5.74) is -0.762. The zero-order valence-corrected chi connectivity index (χ0v) is 17.5. The Bertz CT molecular complexity index is 1090. The summed E-state index contributed by atoms with van der Waals surface area (Å²) in [6.07, 6.45) is -2.26. The number of carbonyl (C=O) groups excluding carboxylic acids is 1. The van der Waals surface area contributed by atoms with Crippen molar-refractivity contribution in [1.29, 1.82) is 0 Å². The first-order valence-corrected chi connectivity index (χ1v) is 9.39. The number of amides is 1. The van der Waals surface area contributed by atoms with Crippen molar-refractivity contribution in [1.82, 2.24) is 14.8 Å². The molecule has 1 amide bonds. The third-order valence-corrected chi connectivity index (χ3v) is 4.36. The van der Waals surface area contributed by atoms with Crippen molar-refractivity contribution in [2.75, 3.05) is 12.4 Å². The van der Waals surface area contributed by atoms with Crippen molar-refractivity contribution in [3.63, 3.8) is 0 Å². The summed E-state index contributed by atoms with van der Waals surface area (Å²) >= 11 is 6.25. The molecule has 3 aromatic rings. The van der Waals surface area contributed by atoms with Crippen molar-refractivity contribution in [3.05, 3.63) is 59.1 Å². The summed E-state index contributed by atoms with van der Waals surface area (Å²) in [6, 6.07) is 5.65. The van der Waals surface area contributed by atoms with Gasteiger partial charge in [-0.05, 0) is 44.2 Å². The van der Waals surface area contributed by atoms with Crippen LogP contribution in [0.2, 0.25) is 5.02 Å². The predicted octanol–water partition coefficient (Wildman–Crippen LogP) is 4.99. The third kappa shape index (κ3) is 5.08. The molecule has 0 fully saturated rings. The lowest BCUT2D eigenvalue weighted by Gasteiger charge is -2.17. The van der Waals surface area contributed by atoms with Crippen molar-refractivity contribution >= 4 is 23.2 Å². The molecule has 2 aromatic carbocycles. The van der Waals surface area contributed by atoms with Gasteiger partial charge in [0.15, 0.2) is 11.5 Å². The third-order valence-electron chi connectivity index (χ3n) is 4.08. The van der Waals surface area contributed by atoms with E-state index < -0.39 is 17.6 Å². The van der Waals surface area contributed by atoms with Gasteiger partial charge in [-0.3, -0.25) is 4.79 Å². The molecule has 0 bridgehead atoms. The monoisotopic (exact) mass is 454 g/mol. The molecular formula is C20H18ClF3N4O3. The number of nitrogens with zero attached hydrogens (tertiary/aromatic N) is 3. The molecule has 0 spiro atoms. The number of hydrogen-bond acceptors (Lipinski definition) is 5. The highest BCUT2D eigenvalue weighted by molar-refractivity contribution is 6.32. The van der Waals surface area contributed by atoms with Crippen LogP contribution in [0.3, 0.4) is 0 Å². The fourth-order valence-corrected chi connectivity index (χ4v) is 3.00. The fourth-order valence-electron chi connectivity index (χ4n) is 2.74. The van der Waals surface area contributed by atoms with Crippen LogP contribution in [0.4, 0.5) is 18.9 Å². The van der Waals surface area contributed by atoms with Crippen molar-refractivity contribution in [2.24, 2.45) is 0 Å². The van der Waals surface area contributed by atoms with Crippen LogP contribution >= 0.6 is 11.6 Å². The molecule has 0 unspecified atom stereocenters. The summed E-state index contributed by atoms with van der Waals surface area (Å²) in [5.74, 6) is -0.220. The first kappa shape index (κ1) is 22.4. The van der Waals surface area contributed by atoms with Gasteiger partial charge in [-0.25, -0.2) is 9.67 Å². The fraction of sp³-hybridized carbons (Fsp3) is 0.250. The zero-order valence-electron chi connectivity index (χ0n) is 16.7. The number of hydrogen-bond donors (Lipinski definition) is 1. The van der Waals surface area contributed by atoms with Gasteiger partial charge in [0.2, 0.25) is 0 Å². The highest BCUT2D eigenvalue weighted by Gasteiger charge is 2.31. The maximum absolute atomic E-state index is 13.2. The van der Waals surface area contributed by atoms with E-state index in [1.165, 1.54) is 42.6 Å². The van der Waals surface area contributed by atoms with Crippen LogP contribution in [0.15, 0.2) is 43.0 Å². The highest BCUT2D eigenvalue weighted by atomic mass is 35.5. The van der Waals surface area contributed by atoms with Crippen molar-refractivity contribution in [2.45, 2.75) is 26.1 Å². The molecule has 1 N–H and O–H groups in total. The van der Waals surface area contributed by atoms with Crippen molar-refractivity contribution in [3.8, 4) is 17.2 Å². The Hall–Kier alpha value is -3.27. The summed E-state index contributed by atoms with van der Waals surface area (Å²) in [5, 5.41) is 6.52. The maximum Gasteiger partial charge on any atom is 0.416 e. The second kappa shape index (κ2) is 8.84. The van der Waals surface area contributed by atoms with E-state index in [0.717, 1.165) is 12.1 Å². The molecule has 3 rings (SSSR count). The average molecular weight is 455 g/mol. The lowest BCUT2D eigenvalue weighted by atomic mass is 10.1. The molecule has 11 heteroatoms. The standard InChI is InChI=1S/C20H18ClF3N4O3/c1-11(2)31-18-14(21)6-12(7-17(18)30-3)19(29)27-15-8-13(20(22,23)24)4-5-16(15)28-10-25-9-26-28/h4-11H,1-3H3,(H,27,29). The number of anilines is 1. The quantitative estimate of drug-likeness (QED) is 0.568. The second-order valence-electron chi connectivity index (χ2n) is 6.68. The van der Waals surface area contributed by atoms with E-state index in [1.807, 2.05) is 0 Å². The Morgan fingerprint density at radius 1 is 1.23 bits per heavy atom. The lowest BCUT2D eigenvalue weighted by Crippen LogP contribution is -2.16. The van der Waals surface area contributed by atoms with Crippen LogP contribution in [0.1, 0.15) is 29.8 Å².